The molecule has 3 N–H and O–H groups in total. The Morgan fingerprint density at radius 2 is 1.85 bits per heavy atom. The molecule has 0 spiro atoms. The Kier molecular flexibility index (Phi) is 10.9. The lowest BCUT2D eigenvalue weighted by molar-refractivity contribution is 0.561. The lowest BCUT2D eigenvalue weighted by Crippen LogP contribution is -2.43. The van der Waals surface area contributed by atoms with Crippen molar-refractivity contribution >= 4 is 51.3 Å². The zero-order chi connectivity index (χ0) is 18.8. The van der Waals surface area contributed by atoms with Crippen LogP contribution in [0.5, 0.6) is 0 Å². The van der Waals surface area contributed by atoms with Gasteiger partial charge in [-0.2, -0.15) is 0 Å². The molecular weight excluding hydrogens is 495 g/mol. The summed E-state index contributed by atoms with van der Waals surface area (Å²) in [7, 11) is -1.77. The third-order valence-electron chi connectivity index (χ3n) is 3.73. The quantitative estimate of drug-likeness (QED) is 0.205. The molecule has 150 valence electrons. The Morgan fingerprint density at radius 1 is 1.11 bits per heavy atom. The second-order valence-corrected chi connectivity index (χ2v) is 8.78. The van der Waals surface area contributed by atoms with Crippen LogP contribution in [0.2, 0.25) is 0 Å². The summed E-state index contributed by atoms with van der Waals surface area (Å²) in [5.74, 6) is 1.14. The Morgan fingerprint density at radius 3 is 2.48 bits per heavy atom. The van der Waals surface area contributed by atoms with Crippen molar-refractivity contribution in [2.75, 3.05) is 26.7 Å². The van der Waals surface area contributed by atoms with Gasteiger partial charge in [0.15, 0.2) is 5.96 Å². The first-order chi connectivity index (χ1) is 12.5. The van der Waals surface area contributed by atoms with E-state index in [0.717, 1.165) is 13.0 Å². The number of nitrogens with one attached hydrogen (secondary N) is 3. The highest BCUT2D eigenvalue weighted by atomic mass is 127. The summed E-state index contributed by atoms with van der Waals surface area (Å²) in [5.41, 5.74) is 0. The van der Waals surface area contributed by atoms with E-state index in [1.807, 2.05) is 0 Å². The molecule has 1 aromatic heterocycles. The molecule has 0 saturated heterocycles. The lowest BCUT2D eigenvalue weighted by atomic mass is 10.1. The first-order valence-corrected chi connectivity index (χ1v) is 10.9. The van der Waals surface area contributed by atoms with Crippen LogP contribution in [0, 0.1) is 5.92 Å². The van der Waals surface area contributed by atoms with Gasteiger partial charge in [0.1, 0.15) is 0 Å². The number of thiophene rings is 1. The molecule has 0 amide bonds. The summed E-state index contributed by atoms with van der Waals surface area (Å²) in [6.45, 7) is 3.72. The molecule has 0 radical (unpaired) electrons. The van der Waals surface area contributed by atoms with Crippen LogP contribution in [0.15, 0.2) is 57.7 Å². The molecule has 0 saturated carbocycles. The second-order valence-electron chi connectivity index (χ2n) is 5.98. The number of halogens is 1. The van der Waals surface area contributed by atoms with Gasteiger partial charge in [0.05, 0.1) is 4.90 Å². The van der Waals surface area contributed by atoms with Gasteiger partial charge in [-0.15, -0.1) is 35.3 Å². The standard InChI is InChI=1S/C18H26N4O2S2.HI/c1-15(13-16-7-6-12-25-16)14-21-18(19-2)20-10-11-22-26(23,24)17-8-4-3-5-9-17;/h3-9,12,15,22H,10-11,13-14H2,1-2H3,(H2,19,20,21);1H. The highest BCUT2D eigenvalue weighted by Crippen LogP contribution is 2.13. The molecule has 2 aromatic rings. The topological polar surface area (TPSA) is 82.6 Å². The van der Waals surface area contributed by atoms with Crippen LogP contribution in [-0.2, 0) is 16.4 Å². The monoisotopic (exact) mass is 522 g/mol. The first kappa shape index (κ1) is 23.9. The molecule has 1 aromatic carbocycles. The minimum absolute atomic E-state index is 0. The van der Waals surface area contributed by atoms with E-state index < -0.39 is 10.0 Å². The first-order valence-electron chi connectivity index (χ1n) is 8.53. The number of guanidine groups is 1. The normalized spacial score (nSPS) is 12.9. The van der Waals surface area contributed by atoms with E-state index in [1.54, 1.807) is 48.7 Å². The number of aliphatic imine (C=N–C) groups is 1. The summed E-state index contributed by atoms with van der Waals surface area (Å²) >= 11 is 1.77. The molecule has 2 rings (SSSR count). The predicted octanol–water partition coefficient (Wildman–Crippen LogP) is 2.69. The summed E-state index contributed by atoms with van der Waals surface area (Å²) in [5, 5.41) is 8.49. The maximum Gasteiger partial charge on any atom is 0.240 e. The average Bonchev–Trinajstić information content (AvgIpc) is 3.14. The molecule has 0 aliphatic rings. The summed E-state index contributed by atoms with van der Waals surface area (Å²) in [4.78, 5) is 5.81. The zero-order valence-corrected chi connectivity index (χ0v) is 19.5. The molecule has 1 heterocycles. The zero-order valence-electron chi connectivity index (χ0n) is 15.5. The van der Waals surface area contributed by atoms with Gasteiger partial charge in [-0.05, 0) is 35.9 Å². The van der Waals surface area contributed by atoms with Crippen LogP contribution < -0.4 is 15.4 Å². The number of benzene rings is 1. The molecule has 6 nitrogen and oxygen atoms in total. The molecule has 0 fully saturated rings. The summed E-state index contributed by atoms with van der Waals surface area (Å²) in [6.07, 6.45) is 1.03. The van der Waals surface area contributed by atoms with Gasteiger partial charge >= 0.3 is 0 Å². The van der Waals surface area contributed by atoms with E-state index in [0.29, 0.717) is 18.4 Å². The van der Waals surface area contributed by atoms with E-state index in [9.17, 15) is 8.42 Å². The maximum atomic E-state index is 12.1. The van der Waals surface area contributed by atoms with Gasteiger partial charge in [-0.1, -0.05) is 31.2 Å². The molecule has 9 heteroatoms. The predicted molar refractivity (Wildman–Crippen MR) is 124 cm³/mol. The second kappa shape index (κ2) is 12.3. The van der Waals surface area contributed by atoms with Crippen LogP contribution >= 0.6 is 35.3 Å². The van der Waals surface area contributed by atoms with Gasteiger partial charge in [0, 0.05) is 31.6 Å². The minimum Gasteiger partial charge on any atom is -0.356 e. The van der Waals surface area contributed by atoms with Crippen LogP contribution in [0.1, 0.15) is 11.8 Å². The van der Waals surface area contributed by atoms with Crippen LogP contribution in [0.25, 0.3) is 0 Å². The molecule has 27 heavy (non-hydrogen) atoms. The van der Waals surface area contributed by atoms with E-state index in [4.69, 9.17) is 0 Å². The Balaban J connectivity index is 0.00000364. The summed E-state index contributed by atoms with van der Waals surface area (Å²) < 4.78 is 26.8. The smallest absolute Gasteiger partial charge is 0.240 e. The third-order valence-corrected chi connectivity index (χ3v) is 6.11. The highest BCUT2D eigenvalue weighted by Gasteiger charge is 2.12. The van der Waals surface area contributed by atoms with E-state index in [-0.39, 0.29) is 35.4 Å². The molecule has 0 aliphatic carbocycles. The fourth-order valence-electron chi connectivity index (χ4n) is 2.39. The number of nitrogens with zero attached hydrogens (tertiary/aromatic N) is 1. The van der Waals surface area contributed by atoms with Crippen molar-refractivity contribution in [2.45, 2.75) is 18.2 Å². The number of hydrogen-bond acceptors (Lipinski definition) is 4. The van der Waals surface area contributed by atoms with Crippen LogP contribution in [0.3, 0.4) is 0 Å². The summed E-state index contributed by atoms with van der Waals surface area (Å²) in [6, 6.07) is 12.6. The molecular formula is C18H27IN4O2S2. The van der Waals surface area contributed by atoms with Crippen LogP contribution in [-0.4, -0.2) is 41.1 Å². The van der Waals surface area contributed by atoms with E-state index in [2.05, 4.69) is 44.8 Å². The van der Waals surface area contributed by atoms with Gasteiger partial charge < -0.3 is 10.6 Å². The van der Waals surface area contributed by atoms with Crippen molar-refractivity contribution in [3.05, 3.63) is 52.7 Å². The minimum atomic E-state index is -3.47. The Hall–Kier alpha value is -1.17. The van der Waals surface area contributed by atoms with Gasteiger partial charge in [0.25, 0.3) is 0 Å². The van der Waals surface area contributed by atoms with Crippen molar-refractivity contribution in [3.8, 4) is 0 Å². The third kappa shape index (κ3) is 8.58. The van der Waals surface area contributed by atoms with Crippen LogP contribution in [0.4, 0.5) is 0 Å². The number of rotatable bonds is 9. The van der Waals surface area contributed by atoms with Crippen molar-refractivity contribution < 1.29 is 8.42 Å². The molecule has 0 aliphatic heterocycles. The van der Waals surface area contributed by atoms with Crippen molar-refractivity contribution in [1.29, 1.82) is 0 Å². The van der Waals surface area contributed by atoms with Gasteiger partial charge in [-0.25, -0.2) is 13.1 Å². The number of sulfonamides is 1. The Bertz CT molecular complexity index is 781. The van der Waals surface area contributed by atoms with Crippen molar-refractivity contribution in [2.24, 2.45) is 10.9 Å². The van der Waals surface area contributed by atoms with E-state index in [1.165, 1.54) is 4.88 Å². The SMILES string of the molecule is CN=C(NCCNS(=O)(=O)c1ccccc1)NCC(C)Cc1cccs1.I. The molecule has 0 bridgehead atoms. The maximum absolute atomic E-state index is 12.1. The van der Waals surface area contributed by atoms with Gasteiger partial charge in [-0.3, -0.25) is 4.99 Å². The fourth-order valence-corrected chi connectivity index (χ4v) is 4.31. The van der Waals surface area contributed by atoms with E-state index >= 15 is 0 Å². The highest BCUT2D eigenvalue weighted by molar-refractivity contribution is 14.0. The largest absolute Gasteiger partial charge is 0.356 e. The fraction of sp³-hybridized carbons (Fsp3) is 0.389. The van der Waals surface area contributed by atoms with Crippen molar-refractivity contribution in [1.82, 2.24) is 15.4 Å². The number of hydrogen-bond donors (Lipinski definition) is 3. The van der Waals surface area contributed by atoms with Gasteiger partial charge in [0.2, 0.25) is 10.0 Å². The molecule has 1 atom stereocenters. The molecule has 1 unspecified atom stereocenters. The van der Waals surface area contributed by atoms with Crippen molar-refractivity contribution in [3.63, 3.8) is 0 Å². The average molecular weight is 522 g/mol. The lowest BCUT2D eigenvalue weighted by Gasteiger charge is -2.16. The Labute approximate surface area is 182 Å².